The molecule has 0 spiro atoms. The van der Waals surface area contributed by atoms with E-state index in [0.717, 1.165) is 17.1 Å². The van der Waals surface area contributed by atoms with E-state index in [-0.39, 0.29) is 11.4 Å². The molecule has 1 heterocycles. The molecule has 0 fully saturated rings. The molecule has 0 saturated carbocycles. The normalized spacial score (nSPS) is 16.4. The average Bonchev–Trinajstić information content (AvgIpc) is 2.72. The maximum absolute atomic E-state index is 12.7. The first-order valence-corrected chi connectivity index (χ1v) is 7.06. The zero-order chi connectivity index (χ0) is 15.0. The molecule has 3 nitrogen and oxygen atoms in total. The average molecular weight is 278 g/mol. The van der Waals surface area contributed by atoms with Crippen molar-refractivity contribution in [2.45, 2.75) is 26.3 Å². The molecular weight excluding hydrogens is 260 g/mol. The van der Waals surface area contributed by atoms with Crippen LogP contribution in [0.15, 0.2) is 59.6 Å². The molecule has 0 atom stereocenters. The maximum atomic E-state index is 12.7. The van der Waals surface area contributed by atoms with Crippen LogP contribution < -0.4 is 4.90 Å². The molecule has 2 aromatic rings. The molecule has 1 aliphatic rings. The van der Waals surface area contributed by atoms with Gasteiger partial charge >= 0.3 is 0 Å². The van der Waals surface area contributed by atoms with E-state index in [9.17, 15) is 4.79 Å². The molecule has 0 aliphatic carbocycles. The Labute approximate surface area is 124 Å². The molecular formula is C18H18N2O. The second-order valence-electron chi connectivity index (χ2n) is 6.13. The van der Waals surface area contributed by atoms with Gasteiger partial charge in [-0.2, -0.15) is 0 Å². The Kier molecular flexibility index (Phi) is 3.13. The molecule has 0 radical (unpaired) electrons. The van der Waals surface area contributed by atoms with Crippen molar-refractivity contribution in [1.29, 1.82) is 0 Å². The van der Waals surface area contributed by atoms with Gasteiger partial charge in [0.1, 0.15) is 5.84 Å². The Hall–Kier alpha value is -2.42. The van der Waals surface area contributed by atoms with E-state index in [0.29, 0.717) is 5.56 Å². The van der Waals surface area contributed by atoms with Gasteiger partial charge in [-0.15, -0.1) is 0 Å². The minimum Gasteiger partial charge on any atom is -0.268 e. The third-order valence-electron chi connectivity index (χ3n) is 3.27. The minimum atomic E-state index is -0.250. The SMILES string of the molecule is CC(C)(C)N=C1c2ccccc2C(=O)N1c1ccccc1. The van der Waals surface area contributed by atoms with Crippen LogP contribution in [0.3, 0.4) is 0 Å². The van der Waals surface area contributed by atoms with E-state index in [4.69, 9.17) is 4.99 Å². The lowest BCUT2D eigenvalue weighted by Crippen LogP contribution is -2.32. The molecule has 3 rings (SSSR count). The van der Waals surface area contributed by atoms with Gasteiger partial charge in [-0.25, -0.2) is 0 Å². The van der Waals surface area contributed by atoms with E-state index < -0.39 is 0 Å². The maximum Gasteiger partial charge on any atom is 0.264 e. The third-order valence-corrected chi connectivity index (χ3v) is 3.27. The number of carbonyl (C=O) groups is 1. The minimum absolute atomic E-state index is 0.0141. The summed E-state index contributed by atoms with van der Waals surface area (Å²) in [5.74, 6) is 0.717. The number of benzene rings is 2. The molecule has 3 heteroatoms. The van der Waals surface area contributed by atoms with Crippen LogP contribution in [0.2, 0.25) is 0 Å². The Morgan fingerprint density at radius 1 is 0.857 bits per heavy atom. The van der Waals surface area contributed by atoms with Crippen molar-refractivity contribution < 1.29 is 4.79 Å². The first kappa shape index (κ1) is 13.6. The van der Waals surface area contributed by atoms with Crippen LogP contribution in [0.25, 0.3) is 0 Å². The smallest absolute Gasteiger partial charge is 0.264 e. The zero-order valence-corrected chi connectivity index (χ0v) is 12.5. The van der Waals surface area contributed by atoms with Crippen molar-refractivity contribution in [1.82, 2.24) is 0 Å². The fourth-order valence-electron chi connectivity index (χ4n) is 2.45. The highest BCUT2D eigenvalue weighted by Crippen LogP contribution is 2.30. The summed E-state index contributed by atoms with van der Waals surface area (Å²) in [6, 6.07) is 17.3. The van der Waals surface area contributed by atoms with Gasteiger partial charge in [0, 0.05) is 5.56 Å². The van der Waals surface area contributed by atoms with Crippen LogP contribution >= 0.6 is 0 Å². The summed E-state index contributed by atoms with van der Waals surface area (Å²) in [6.45, 7) is 6.11. The Balaban J connectivity index is 2.20. The summed E-state index contributed by atoms with van der Waals surface area (Å²) < 4.78 is 0. The third kappa shape index (κ3) is 2.47. The largest absolute Gasteiger partial charge is 0.268 e. The molecule has 1 amide bonds. The van der Waals surface area contributed by atoms with E-state index >= 15 is 0 Å². The zero-order valence-electron chi connectivity index (χ0n) is 12.5. The standard InChI is InChI=1S/C18H18N2O/c1-18(2,3)19-16-14-11-7-8-12-15(14)17(21)20(16)13-9-5-4-6-10-13/h4-12H,1-3H3. The van der Waals surface area contributed by atoms with E-state index in [2.05, 4.69) is 0 Å². The molecule has 21 heavy (non-hydrogen) atoms. The lowest BCUT2D eigenvalue weighted by molar-refractivity contribution is 0.101. The van der Waals surface area contributed by atoms with Gasteiger partial charge in [-0.05, 0) is 39.0 Å². The van der Waals surface area contributed by atoms with Crippen molar-refractivity contribution in [3.63, 3.8) is 0 Å². The van der Waals surface area contributed by atoms with Gasteiger partial charge in [0.05, 0.1) is 16.8 Å². The lowest BCUT2D eigenvalue weighted by Gasteiger charge is -2.21. The second kappa shape index (κ2) is 4.85. The van der Waals surface area contributed by atoms with Gasteiger partial charge in [0.15, 0.2) is 0 Å². The highest BCUT2D eigenvalue weighted by atomic mass is 16.2. The number of hydrogen-bond acceptors (Lipinski definition) is 2. The summed E-state index contributed by atoms with van der Waals surface area (Å²) in [7, 11) is 0. The first-order valence-electron chi connectivity index (χ1n) is 7.06. The molecule has 0 unspecified atom stereocenters. The Morgan fingerprint density at radius 2 is 1.43 bits per heavy atom. The summed E-state index contributed by atoms with van der Waals surface area (Å²) in [5, 5.41) is 0. The fourth-order valence-corrected chi connectivity index (χ4v) is 2.45. The van der Waals surface area contributed by atoms with E-state index in [1.165, 1.54) is 0 Å². The number of carbonyl (C=O) groups excluding carboxylic acids is 1. The van der Waals surface area contributed by atoms with Gasteiger partial charge in [-0.3, -0.25) is 14.7 Å². The number of nitrogens with zero attached hydrogens (tertiary/aromatic N) is 2. The van der Waals surface area contributed by atoms with Crippen LogP contribution in [-0.4, -0.2) is 17.3 Å². The molecule has 0 bridgehead atoms. The van der Waals surface area contributed by atoms with Crippen molar-refractivity contribution in [3.05, 3.63) is 65.7 Å². The summed E-state index contributed by atoms with van der Waals surface area (Å²) in [5.41, 5.74) is 2.22. The van der Waals surface area contributed by atoms with Gasteiger partial charge in [0.25, 0.3) is 5.91 Å². The summed E-state index contributed by atoms with van der Waals surface area (Å²) in [6.07, 6.45) is 0. The Morgan fingerprint density at radius 3 is 2.05 bits per heavy atom. The van der Waals surface area contributed by atoms with Crippen LogP contribution in [0.5, 0.6) is 0 Å². The van der Waals surface area contributed by atoms with Crippen molar-refractivity contribution in [2.24, 2.45) is 4.99 Å². The lowest BCUT2D eigenvalue weighted by atomic mass is 10.1. The summed E-state index contributed by atoms with van der Waals surface area (Å²) in [4.78, 5) is 19.2. The molecule has 1 aliphatic heterocycles. The predicted octanol–water partition coefficient (Wildman–Crippen LogP) is 3.89. The topological polar surface area (TPSA) is 32.7 Å². The second-order valence-corrected chi connectivity index (χ2v) is 6.13. The number of amides is 1. The molecule has 106 valence electrons. The number of rotatable bonds is 1. The van der Waals surface area contributed by atoms with Crippen LogP contribution in [0, 0.1) is 0 Å². The highest BCUT2D eigenvalue weighted by Gasteiger charge is 2.35. The fraction of sp³-hybridized carbons (Fsp3) is 0.222. The quantitative estimate of drug-likeness (QED) is 0.779. The molecule has 0 aromatic heterocycles. The Bertz CT molecular complexity index is 711. The number of amidine groups is 1. The number of hydrogen-bond donors (Lipinski definition) is 0. The van der Waals surface area contributed by atoms with Gasteiger partial charge in [0.2, 0.25) is 0 Å². The van der Waals surface area contributed by atoms with Crippen LogP contribution in [0.1, 0.15) is 36.7 Å². The monoisotopic (exact) mass is 278 g/mol. The number of para-hydroxylation sites is 1. The van der Waals surface area contributed by atoms with Crippen molar-refractivity contribution in [3.8, 4) is 0 Å². The number of anilines is 1. The number of fused-ring (bicyclic) bond motifs is 1. The molecule has 2 aromatic carbocycles. The first-order chi connectivity index (χ1) is 9.97. The van der Waals surface area contributed by atoms with Crippen LogP contribution in [-0.2, 0) is 0 Å². The van der Waals surface area contributed by atoms with E-state index in [1.54, 1.807) is 4.90 Å². The van der Waals surface area contributed by atoms with Gasteiger partial charge < -0.3 is 0 Å². The summed E-state index contributed by atoms with van der Waals surface area (Å²) >= 11 is 0. The van der Waals surface area contributed by atoms with Crippen LogP contribution in [0.4, 0.5) is 5.69 Å². The molecule has 0 N–H and O–H groups in total. The molecule has 0 saturated heterocycles. The highest BCUT2D eigenvalue weighted by molar-refractivity contribution is 6.36. The van der Waals surface area contributed by atoms with Gasteiger partial charge in [-0.1, -0.05) is 36.4 Å². The van der Waals surface area contributed by atoms with Crippen molar-refractivity contribution in [2.75, 3.05) is 4.90 Å². The predicted molar refractivity (Wildman–Crippen MR) is 86.0 cm³/mol. The van der Waals surface area contributed by atoms with Crippen molar-refractivity contribution >= 4 is 17.4 Å². The number of aliphatic imine (C=N–C) groups is 1. The van der Waals surface area contributed by atoms with E-state index in [1.807, 2.05) is 75.4 Å².